The van der Waals surface area contributed by atoms with Gasteiger partial charge in [0.25, 0.3) is 5.91 Å². The molecule has 0 bridgehead atoms. The molecule has 3 aliphatic rings. The third-order valence-corrected chi connectivity index (χ3v) is 10.3. The van der Waals surface area contributed by atoms with Crippen molar-refractivity contribution < 1.29 is 13.2 Å². The highest BCUT2D eigenvalue weighted by Gasteiger charge is 2.42. The Morgan fingerprint density at radius 3 is 2.68 bits per heavy atom. The van der Waals surface area contributed by atoms with Crippen LogP contribution in [0.1, 0.15) is 29.3 Å². The number of amides is 1. The zero-order valence-electron chi connectivity index (χ0n) is 21.4. The summed E-state index contributed by atoms with van der Waals surface area (Å²) in [5, 5.41) is 7.04. The van der Waals surface area contributed by atoms with Crippen LogP contribution in [0.25, 0.3) is 0 Å². The number of nitrogens with zero attached hydrogens (tertiary/aromatic N) is 3. The first kappa shape index (κ1) is 26.1. The lowest BCUT2D eigenvalue weighted by atomic mass is 10.1. The lowest BCUT2D eigenvalue weighted by Gasteiger charge is -2.41. The van der Waals surface area contributed by atoms with Crippen LogP contribution in [0.15, 0.2) is 53.5 Å². The number of sulfone groups is 1. The molecule has 0 spiro atoms. The van der Waals surface area contributed by atoms with E-state index in [1.54, 1.807) is 12.1 Å². The summed E-state index contributed by atoms with van der Waals surface area (Å²) in [6.07, 6.45) is 0.914. The van der Waals surface area contributed by atoms with Gasteiger partial charge < -0.3 is 15.5 Å². The Labute approximate surface area is 223 Å². The standard InChI is InChI=1S/C27H35N5O3S2/c1-19-5-3-6-23(15-19)32-14-13-31(16-20(32)2)12-4-11-28-26(33)21-7-9-22(10-8-21)29-27-30-24-17-37(34,35)18-25(24)36-27/h3,5-10,15,20,24-25H,4,11-14,16-18H2,1-2H3,(H,28,33)(H,29,30)/t20-,24+,25+/m0/s1. The largest absolute Gasteiger partial charge is 0.366 e. The summed E-state index contributed by atoms with van der Waals surface area (Å²) in [5.74, 6) is 0.257. The third kappa shape index (κ3) is 6.48. The van der Waals surface area contributed by atoms with Gasteiger partial charge in [0.05, 0.1) is 17.5 Å². The number of aryl methyl sites for hydroxylation is 1. The van der Waals surface area contributed by atoms with E-state index in [1.807, 2.05) is 12.1 Å². The fourth-order valence-electron chi connectivity index (χ4n) is 5.28. The first-order valence-corrected chi connectivity index (χ1v) is 15.6. The molecule has 198 valence electrons. The second-order valence-electron chi connectivity index (χ2n) is 10.2. The molecule has 0 unspecified atom stereocenters. The van der Waals surface area contributed by atoms with Crippen LogP contribution in [0.2, 0.25) is 0 Å². The predicted octanol–water partition coefficient (Wildman–Crippen LogP) is 3.01. The van der Waals surface area contributed by atoms with Gasteiger partial charge in [-0.1, -0.05) is 23.9 Å². The van der Waals surface area contributed by atoms with Gasteiger partial charge in [0, 0.05) is 54.4 Å². The lowest BCUT2D eigenvalue weighted by molar-refractivity contribution is 0.0951. The molecule has 0 saturated carbocycles. The molecule has 2 N–H and O–H groups in total. The zero-order chi connectivity index (χ0) is 26.0. The van der Waals surface area contributed by atoms with Gasteiger partial charge in [0.1, 0.15) is 0 Å². The number of fused-ring (bicyclic) bond motifs is 1. The minimum Gasteiger partial charge on any atom is -0.366 e. The molecule has 37 heavy (non-hydrogen) atoms. The van der Waals surface area contributed by atoms with Gasteiger partial charge in [0.15, 0.2) is 15.0 Å². The molecule has 3 aliphatic heterocycles. The summed E-state index contributed by atoms with van der Waals surface area (Å²) in [6.45, 7) is 9.10. The Morgan fingerprint density at radius 1 is 1.14 bits per heavy atom. The van der Waals surface area contributed by atoms with Crippen molar-refractivity contribution in [2.75, 3.05) is 54.4 Å². The maximum absolute atomic E-state index is 12.6. The van der Waals surface area contributed by atoms with Gasteiger partial charge in [-0.15, -0.1) is 0 Å². The molecule has 10 heteroatoms. The number of rotatable bonds is 7. The molecule has 0 aromatic heterocycles. The summed E-state index contributed by atoms with van der Waals surface area (Å²) in [7, 11) is -2.95. The van der Waals surface area contributed by atoms with Crippen LogP contribution in [0.5, 0.6) is 0 Å². The molecule has 2 saturated heterocycles. The number of hydrogen-bond acceptors (Lipinski definition) is 8. The zero-order valence-corrected chi connectivity index (χ0v) is 23.0. The Kier molecular flexibility index (Phi) is 7.78. The molecular formula is C27H35N5O3S2. The fourth-order valence-corrected chi connectivity index (χ4v) is 8.95. The normalized spacial score (nSPS) is 25.0. The second-order valence-corrected chi connectivity index (χ2v) is 13.6. The SMILES string of the molecule is Cc1cccc(N2CCN(CCCNC(=O)c3ccc(NC4=N[C@@H]5CS(=O)(=O)C[C@H]5S4)cc3)C[C@@H]2C)c1. The number of carbonyl (C=O) groups is 1. The van der Waals surface area contributed by atoms with Crippen molar-refractivity contribution in [1.29, 1.82) is 0 Å². The predicted molar refractivity (Wildman–Crippen MR) is 153 cm³/mol. The van der Waals surface area contributed by atoms with E-state index in [9.17, 15) is 13.2 Å². The van der Waals surface area contributed by atoms with Crippen molar-refractivity contribution in [3.05, 3.63) is 59.7 Å². The second kappa shape index (κ2) is 11.0. The van der Waals surface area contributed by atoms with E-state index < -0.39 is 9.84 Å². The number of piperazine rings is 1. The molecule has 0 radical (unpaired) electrons. The summed E-state index contributed by atoms with van der Waals surface area (Å²) in [5.41, 5.74) is 4.05. The molecule has 2 aromatic carbocycles. The molecule has 8 nitrogen and oxygen atoms in total. The minimum absolute atomic E-state index is 0.0118. The smallest absolute Gasteiger partial charge is 0.251 e. The van der Waals surface area contributed by atoms with Gasteiger partial charge in [-0.3, -0.25) is 14.7 Å². The maximum atomic E-state index is 12.6. The van der Waals surface area contributed by atoms with Gasteiger partial charge in [0.2, 0.25) is 0 Å². The molecule has 3 atom stereocenters. The summed E-state index contributed by atoms with van der Waals surface area (Å²) < 4.78 is 23.4. The number of anilines is 2. The Balaban J connectivity index is 1.02. The highest BCUT2D eigenvalue weighted by molar-refractivity contribution is 8.15. The topological polar surface area (TPSA) is 94.1 Å². The van der Waals surface area contributed by atoms with Gasteiger partial charge in [-0.25, -0.2) is 8.42 Å². The van der Waals surface area contributed by atoms with Crippen LogP contribution in [0.3, 0.4) is 0 Å². The van der Waals surface area contributed by atoms with Crippen molar-refractivity contribution >= 4 is 44.0 Å². The van der Waals surface area contributed by atoms with Crippen molar-refractivity contribution in [2.24, 2.45) is 4.99 Å². The van der Waals surface area contributed by atoms with Crippen molar-refractivity contribution in [1.82, 2.24) is 10.2 Å². The van der Waals surface area contributed by atoms with E-state index >= 15 is 0 Å². The van der Waals surface area contributed by atoms with E-state index in [0.717, 1.165) is 43.5 Å². The molecule has 0 aliphatic carbocycles. The molecule has 5 rings (SSSR count). The van der Waals surface area contributed by atoms with Crippen LogP contribution in [-0.2, 0) is 9.84 Å². The van der Waals surface area contributed by atoms with Crippen molar-refractivity contribution in [3.63, 3.8) is 0 Å². The van der Waals surface area contributed by atoms with E-state index in [2.05, 4.69) is 63.5 Å². The quantitative estimate of drug-likeness (QED) is 0.521. The van der Waals surface area contributed by atoms with Crippen LogP contribution in [0, 0.1) is 6.92 Å². The van der Waals surface area contributed by atoms with E-state index in [1.165, 1.54) is 23.0 Å². The van der Waals surface area contributed by atoms with Crippen LogP contribution in [-0.4, -0.2) is 86.0 Å². The van der Waals surface area contributed by atoms with E-state index in [4.69, 9.17) is 0 Å². The lowest BCUT2D eigenvalue weighted by Crippen LogP contribution is -2.52. The molecule has 2 aromatic rings. The third-order valence-electron chi connectivity index (χ3n) is 7.20. The number of hydrogen-bond donors (Lipinski definition) is 2. The molecule has 2 fully saturated rings. The van der Waals surface area contributed by atoms with E-state index in [-0.39, 0.29) is 28.7 Å². The van der Waals surface area contributed by atoms with Crippen LogP contribution >= 0.6 is 11.8 Å². The Bertz CT molecular complexity index is 1270. The first-order valence-electron chi connectivity index (χ1n) is 12.9. The average molecular weight is 542 g/mol. The number of thioether (sulfide) groups is 1. The molecular weight excluding hydrogens is 506 g/mol. The van der Waals surface area contributed by atoms with Gasteiger partial charge in [-0.05, 0) is 68.8 Å². The van der Waals surface area contributed by atoms with Crippen molar-refractivity contribution in [2.45, 2.75) is 37.6 Å². The molecule has 3 heterocycles. The number of carbonyl (C=O) groups excluding carboxylic acids is 1. The van der Waals surface area contributed by atoms with Crippen LogP contribution < -0.4 is 15.5 Å². The van der Waals surface area contributed by atoms with Gasteiger partial charge in [-0.2, -0.15) is 0 Å². The summed E-state index contributed by atoms with van der Waals surface area (Å²) >= 11 is 1.49. The molecule has 1 amide bonds. The summed E-state index contributed by atoms with van der Waals surface area (Å²) in [4.78, 5) is 22.1. The van der Waals surface area contributed by atoms with E-state index in [0.29, 0.717) is 18.2 Å². The average Bonchev–Trinajstić information content (AvgIpc) is 3.34. The number of amidine groups is 1. The first-order chi connectivity index (χ1) is 17.8. The number of benzene rings is 2. The summed E-state index contributed by atoms with van der Waals surface area (Å²) in [6, 6.07) is 16.3. The van der Waals surface area contributed by atoms with Gasteiger partial charge >= 0.3 is 0 Å². The Hall–Kier alpha value is -2.56. The number of nitrogens with one attached hydrogen (secondary N) is 2. The highest BCUT2D eigenvalue weighted by atomic mass is 32.2. The fraction of sp³-hybridized carbons (Fsp3) is 0.481. The monoisotopic (exact) mass is 541 g/mol. The number of aliphatic imine (C=N–C) groups is 1. The van der Waals surface area contributed by atoms with Crippen molar-refractivity contribution in [3.8, 4) is 0 Å². The minimum atomic E-state index is -2.95. The Morgan fingerprint density at radius 2 is 1.95 bits per heavy atom. The maximum Gasteiger partial charge on any atom is 0.251 e. The highest BCUT2D eigenvalue weighted by Crippen LogP contribution is 2.34. The van der Waals surface area contributed by atoms with Crippen LogP contribution in [0.4, 0.5) is 11.4 Å².